The van der Waals surface area contributed by atoms with Crippen LogP contribution in [0, 0.1) is 0 Å². The van der Waals surface area contributed by atoms with Crippen molar-refractivity contribution in [1.82, 2.24) is 5.32 Å². The molecule has 20 heavy (non-hydrogen) atoms. The van der Waals surface area contributed by atoms with E-state index in [1.54, 1.807) is 0 Å². The molecule has 0 spiro atoms. The van der Waals surface area contributed by atoms with Crippen molar-refractivity contribution < 1.29 is 0 Å². The minimum atomic E-state index is 0. The number of hydrogen-bond donors (Lipinski definition) is 2. The Balaban J connectivity index is 0.00000147. The SMILES string of the molecule is I.NC(=N[C@@H]1C[C@H]1c1ccc(Br)cc1)NC1CCCC1. The minimum absolute atomic E-state index is 0. The summed E-state index contributed by atoms with van der Waals surface area (Å²) in [4.78, 5) is 4.60. The molecule has 0 unspecified atom stereocenters. The first-order chi connectivity index (χ1) is 9.22. The van der Waals surface area contributed by atoms with Gasteiger partial charge in [0, 0.05) is 16.4 Å². The fourth-order valence-electron chi connectivity index (χ4n) is 2.89. The van der Waals surface area contributed by atoms with Gasteiger partial charge in [-0.1, -0.05) is 40.9 Å². The molecule has 0 aliphatic heterocycles. The first-order valence-corrected chi connectivity index (χ1v) is 7.87. The molecule has 1 aromatic carbocycles. The van der Waals surface area contributed by atoms with Gasteiger partial charge in [-0.2, -0.15) is 0 Å². The zero-order chi connectivity index (χ0) is 13.2. The summed E-state index contributed by atoms with van der Waals surface area (Å²) in [7, 11) is 0. The van der Waals surface area contributed by atoms with E-state index in [2.05, 4.69) is 50.5 Å². The maximum Gasteiger partial charge on any atom is 0.189 e. The Morgan fingerprint density at radius 2 is 1.85 bits per heavy atom. The number of halogens is 2. The Morgan fingerprint density at radius 3 is 2.50 bits per heavy atom. The predicted molar refractivity (Wildman–Crippen MR) is 97.7 cm³/mol. The van der Waals surface area contributed by atoms with E-state index in [0.717, 1.165) is 10.9 Å². The summed E-state index contributed by atoms with van der Waals surface area (Å²) in [6.45, 7) is 0. The molecule has 2 aliphatic rings. The zero-order valence-electron chi connectivity index (χ0n) is 11.4. The van der Waals surface area contributed by atoms with E-state index in [4.69, 9.17) is 5.73 Å². The van der Waals surface area contributed by atoms with Crippen LogP contribution in [0.1, 0.15) is 43.6 Å². The van der Waals surface area contributed by atoms with Crippen molar-refractivity contribution >= 4 is 45.9 Å². The molecule has 3 nitrogen and oxygen atoms in total. The molecule has 0 radical (unpaired) electrons. The number of benzene rings is 1. The third kappa shape index (κ3) is 4.10. The number of guanidine groups is 1. The summed E-state index contributed by atoms with van der Waals surface area (Å²) in [6, 6.07) is 9.45. The van der Waals surface area contributed by atoms with Crippen LogP contribution in [0.15, 0.2) is 33.7 Å². The van der Waals surface area contributed by atoms with E-state index in [9.17, 15) is 0 Å². The highest BCUT2D eigenvalue weighted by atomic mass is 127. The first-order valence-electron chi connectivity index (χ1n) is 7.07. The van der Waals surface area contributed by atoms with Crippen LogP contribution in [0.4, 0.5) is 0 Å². The van der Waals surface area contributed by atoms with Gasteiger partial charge in [-0.05, 0) is 37.0 Å². The summed E-state index contributed by atoms with van der Waals surface area (Å²) >= 11 is 3.46. The molecule has 0 bridgehead atoms. The molecule has 0 saturated heterocycles. The third-order valence-electron chi connectivity index (χ3n) is 4.07. The van der Waals surface area contributed by atoms with E-state index in [-0.39, 0.29) is 24.0 Å². The van der Waals surface area contributed by atoms with Gasteiger partial charge in [0.1, 0.15) is 0 Å². The number of nitrogens with zero attached hydrogens (tertiary/aromatic N) is 1. The molecule has 0 aromatic heterocycles. The van der Waals surface area contributed by atoms with E-state index >= 15 is 0 Å². The van der Waals surface area contributed by atoms with Gasteiger partial charge in [0.05, 0.1) is 6.04 Å². The Labute approximate surface area is 146 Å². The van der Waals surface area contributed by atoms with Gasteiger partial charge in [0.25, 0.3) is 0 Å². The number of nitrogens with two attached hydrogens (primary N) is 1. The van der Waals surface area contributed by atoms with E-state index in [0.29, 0.717) is 24.0 Å². The molecule has 2 atom stereocenters. The highest BCUT2D eigenvalue weighted by molar-refractivity contribution is 14.0. The van der Waals surface area contributed by atoms with Gasteiger partial charge in [-0.15, -0.1) is 24.0 Å². The lowest BCUT2D eigenvalue weighted by molar-refractivity contribution is 0.625. The number of nitrogens with one attached hydrogen (secondary N) is 1. The summed E-state index contributed by atoms with van der Waals surface area (Å²) < 4.78 is 1.12. The van der Waals surface area contributed by atoms with E-state index < -0.39 is 0 Å². The van der Waals surface area contributed by atoms with E-state index in [1.807, 2.05) is 0 Å². The second-order valence-electron chi connectivity index (χ2n) is 5.60. The second kappa shape index (κ2) is 7.11. The second-order valence-corrected chi connectivity index (χ2v) is 6.52. The van der Waals surface area contributed by atoms with Gasteiger partial charge < -0.3 is 11.1 Å². The molecule has 3 rings (SSSR count). The van der Waals surface area contributed by atoms with Crippen molar-refractivity contribution in [2.45, 2.75) is 50.1 Å². The zero-order valence-corrected chi connectivity index (χ0v) is 15.3. The largest absolute Gasteiger partial charge is 0.370 e. The summed E-state index contributed by atoms with van der Waals surface area (Å²) in [6.07, 6.45) is 6.22. The molecule has 1 aromatic rings. The molecular weight excluding hydrogens is 429 g/mol. The van der Waals surface area contributed by atoms with Gasteiger partial charge in [0.15, 0.2) is 5.96 Å². The Bertz CT molecular complexity index is 469. The number of rotatable bonds is 3. The molecule has 5 heteroatoms. The first kappa shape index (κ1) is 16.1. The van der Waals surface area contributed by atoms with Crippen molar-refractivity contribution in [2.24, 2.45) is 10.7 Å². The van der Waals surface area contributed by atoms with Crippen LogP contribution in [0.25, 0.3) is 0 Å². The molecular formula is C15H21BrIN3. The average Bonchev–Trinajstić information content (AvgIpc) is 2.95. The predicted octanol–water partition coefficient (Wildman–Crippen LogP) is 3.77. The van der Waals surface area contributed by atoms with Crippen LogP contribution < -0.4 is 11.1 Å². The molecule has 2 aliphatic carbocycles. The lowest BCUT2D eigenvalue weighted by Crippen LogP contribution is -2.38. The quantitative estimate of drug-likeness (QED) is 0.419. The van der Waals surface area contributed by atoms with Gasteiger partial charge in [-0.25, -0.2) is 4.99 Å². The lowest BCUT2D eigenvalue weighted by Gasteiger charge is -2.12. The number of aliphatic imine (C=N–C) groups is 1. The molecule has 3 N–H and O–H groups in total. The van der Waals surface area contributed by atoms with Gasteiger partial charge in [0.2, 0.25) is 0 Å². The van der Waals surface area contributed by atoms with Crippen molar-refractivity contribution in [3.05, 3.63) is 34.3 Å². The Hall–Kier alpha value is -0.300. The van der Waals surface area contributed by atoms with Crippen LogP contribution in [0.2, 0.25) is 0 Å². The van der Waals surface area contributed by atoms with Gasteiger partial charge in [-0.3, -0.25) is 0 Å². The Kier molecular flexibility index (Phi) is 5.72. The standard InChI is InChI=1S/C15H20BrN3.HI/c16-11-7-5-10(6-8-11)13-9-14(13)19-15(17)18-12-3-1-2-4-12;/h5-8,12-14H,1-4,9H2,(H3,17,18,19);1H/t13-,14+;/m0./s1. The summed E-state index contributed by atoms with van der Waals surface area (Å²) in [5, 5.41) is 3.35. The molecule has 2 fully saturated rings. The highest BCUT2D eigenvalue weighted by Crippen LogP contribution is 2.43. The highest BCUT2D eigenvalue weighted by Gasteiger charge is 2.38. The Morgan fingerprint density at radius 1 is 1.20 bits per heavy atom. The van der Waals surface area contributed by atoms with Crippen molar-refractivity contribution in [1.29, 1.82) is 0 Å². The van der Waals surface area contributed by atoms with Crippen molar-refractivity contribution in [3.8, 4) is 0 Å². The van der Waals surface area contributed by atoms with Gasteiger partial charge >= 0.3 is 0 Å². The third-order valence-corrected chi connectivity index (χ3v) is 4.60. The molecule has 110 valence electrons. The summed E-state index contributed by atoms with van der Waals surface area (Å²) in [5.74, 6) is 1.19. The average molecular weight is 450 g/mol. The number of hydrogen-bond acceptors (Lipinski definition) is 1. The fraction of sp³-hybridized carbons (Fsp3) is 0.533. The molecule has 0 amide bonds. The topological polar surface area (TPSA) is 50.4 Å². The van der Waals surface area contributed by atoms with Crippen LogP contribution in [-0.4, -0.2) is 18.0 Å². The van der Waals surface area contributed by atoms with E-state index in [1.165, 1.54) is 31.2 Å². The van der Waals surface area contributed by atoms with Crippen molar-refractivity contribution in [3.63, 3.8) is 0 Å². The maximum atomic E-state index is 5.99. The van der Waals surface area contributed by atoms with Crippen LogP contribution in [-0.2, 0) is 0 Å². The summed E-state index contributed by atoms with van der Waals surface area (Å²) in [5.41, 5.74) is 7.36. The van der Waals surface area contributed by atoms with Crippen LogP contribution in [0.3, 0.4) is 0 Å². The molecule has 0 heterocycles. The molecule has 2 saturated carbocycles. The fourth-order valence-corrected chi connectivity index (χ4v) is 3.15. The van der Waals surface area contributed by atoms with Crippen LogP contribution >= 0.6 is 39.9 Å². The smallest absolute Gasteiger partial charge is 0.189 e. The lowest BCUT2D eigenvalue weighted by atomic mass is 10.1. The minimum Gasteiger partial charge on any atom is -0.370 e. The normalized spacial score (nSPS) is 26.1. The monoisotopic (exact) mass is 449 g/mol. The van der Waals surface area contributed by atoms with Crippen molar-refractivity contribution in [2.75, 3.05) is 0 Å². The maximum absolute atomic E-state index is 5.99. The van der Waals surface area contributed by atoms with Crippen LogP contribution in [0.5, 0.6) is 0 Å².